The van der Waals surface area contributed by atoms with Gasteiger partial charge in [0.15, 0.2) is 0 Å². The van der Waals surface area contributed by atoms with Gasteiger partial charge in [-0.3, -0.25) is 14.1 Å². The highest BCUT2D eigenvalue weighted by atomic mass is 16.5. The first kappa shape index (κ1) is 23.2. The van der Waals surface area contributed by atoms with Gasteiger partial charge in [-0.2, -0.15) is 0 Å². The third-order valence-corrected chi connectivity index (χ3v) is 8.21. The first-order chi connectivity index (χ1) is 17.4. The van der Waals surface area contributed by atoms with E-state index in [1.807, 2.05) is 24.0 Å². The van der Waals surface area contributed by atoms with Crippen LogP contribution in [0.5, 0.6) is 0 Å². The van der Waals surface area contributed by atoms with Crippen molar-refractivity contribution in [3.05, 3.63) is 53.2 Å². The van der Waals surface area contributed by atoms with E-state index in [1.165, 1.54) is 0 Å². The Bertz CT molecular complexity index is 1470. The molecule has 0 spiro atoms. The molecule has 1 aliphatic heterocycles. The summed E-state index contributed by atoms with van der Waals surface area (Å²) < 4.78 is 9.41. The van der Waals surface area contributed by atoms with Gasteiger partial charge in [-0.05, 0) is 69.6 Å². The van der Waals surface area contributed by atoms with Crippen LogP contribution in [0.4, 0.5) is 5.82 Å². The molecule has 1 saturated heterocycles. The average Bonchev–Trinajstić information content (AvgIpc) is 3.13. The van der Waals surface area contributed by atoms with E-state index >= 15 is 0 Å². The van der Waals surface area contributed by atoms with E-state index in [0.717, 1.165) is 77.7 Å². The number of pyridine rings is 2. The number of hydrogen-bond acceptors (Lipinski definition) is 6. The van der Waals surface area contributed by atoms with Gasteiger partial charge in [0.25, 0.3) is 0 Å². The van der Waals surface area contributed by atoms with Gasteiger partial charge in [0.1, 0.15) is 5.82 Å². The zero-order chi connectivity index (χ0) is 25.0. The number of aryl methyl sites for hydroxylation is 1. The average molecular weight is 487 g/mol. The summed E-state index contributed by atoms with van der Waals surface area (Å²) in [7, 11) is 7.86. The lowest BCUT2D eigenvalue weighted by molar-refractivity contribution is 0.0531. The molecular formula is C28H34N6O2. The highest BCUT2D eigenvalue weighted by Gasteiger charge is 2.29. The number of benzene rings is 1. The highest BCUT2D eigenvalue weighted by molar-refractivity contribution is 6.04. The summed E-state index contributed by atoms with van der Waals surface area (Å²) in [5.74, 6) is 1.02. The van der Waals surface area contributed by atoms with E-state index in [4.69, 9.17) is 9.72 Å². The summed E-state index contributed by atoms with van der Waals surface area (Å²) >= 11 is 0. The van der Waals surface area contributed by atoms with Gasteiger partial charge in [-0.25, -0.2) is 9.78 Å². The third-order valence-electron chi connectivity index (χ3n) is 8.21. The maximum atomic E-state index is 13.4. The van der Waals surface area contributed by atoms with Crippen LogP contribution in [0.3, 0.4) is 0 Å². The van der Waals surface area contributed by atoms with Crippen molar-refractivity contribution < 1.29 is 4.74 Å². The molecule has 1 aromatic carbocycles. The monoisotopic (exact) mass is 486 g/mol. The van der Waals surface area contributed by atoms with Gasteiger partial charge in [-0.1, -0.05) is 6.07 Å². The summed E-state index contributed by atoms with van der Waals surface area (Å²) in [4.78, 5) is 27.4. The van der Waals surface area contributed by atoms with Crippen LogP contribution in [0, 0.1) is 0 Å². The van der Waals surface area contributed by atoms with E-state index in [0.29, 0.717) is 6.04 Å². The van der Waals surface area contributed by atoms with Gasteiger partial charge < -0.3 is 14.5 Å². The standard InChI is InChI=1S/C28H34N6O2/c1-31(2)21-16-33(17-21)26-11-9-19(14-30-26)18-8-10-24-23(12-18)27-25(15-29-24)32(3)28(35)34(27)20-6-5-7-22(13-20)36-4/h8-12,14-15,20-22H,5-7,13,16-17H2,1-4H3/t20-,22+/m1/s1. The molecular weight excluding hydrogens is 452 g/mol. The molecule has 1 saturated carbocycles. The molecule has 2 aliphatic rings. The summed E-state index contributed by atoms with van der Waals surface area (Å²) in [6.45, 7) is 2.02. The molecule has 188 valence electrons. The van der Waals surface area contributed by atoms with Crippen LogP contribution in [0.25, 0.3) is 33.1 Å². The molecule has 2 atom stereocenters. The van der Waals surface area contributed by atoms with Gasteiger partial charge in [-0.15, -0.1) is 0 Å². The fraction of sp³-hybridized carbons (Fsp3) is 0.464. The van der Waals surface area contributed by atoms with Gasteiger partial charge in [0, 0.05) is 56.5 Å². The first-order valence-electron chi connectivity index (χ1n) is 12.8. The fourth-order valence-corrected chi connectivity index (χ4v) is 5.83. The second kappa shape index (κ2) is 9.01. The van der Waals surface area contributed by atoms with E-state index in [-0.39, 0.29) is 17.8 Å². The lowest BCUT2D eigenvalue weighted by Gasteiger charge is -2.43. The molecule has 0 unspecified atom stereocenters. The Labute approximate surface area is 211 Å². The number of methoxy groups -OCH3 is 1. The number of fused-ring (bicyclic) bond motifs is 3. The Morgan fingerprint density at radius 3 is 2.56 bits per heavy atom. The van der Waals surface area contributed by atoms with Crippen LogP contribution in [-0.4, -0.2) is 70.4 Å². The third kappa shape index (κ3) is 3.79. The number of aromatic nitrogens is 4. The first-order valence-corrected chi connectivity index (χ1v) is 12.8. The van der Waals surface area contributed by atoms with Crippen molar-refractivity contribution in [1.82, 2.24) is 24.0 Å². The number of ether oxygens (including phenoxy) is 1. The summed E-state index contributed by atoms with van der Waals surface area (Å²) in [5.41, 5.74) is 4.88. The number of likely N-dealkylation sites (N-methyl/N-ethyl adjacent to an activating group) is 1. The Hall–Kier alpha value is -3.23. The maximum absolute atomic E-state index is 13.4. The molecule has 6 rings (SSSR count). The lowest BCUT2D eigenvalue weighted by Crippen LogP contribution is -2.57. The predicted octanol–water partition coefficient (Wildman–Crippen LogP) is 3.83. The molecule has 8 nitrogen and oxygen atoms in total. The quantitative estimate of drug-likeness (QED) is 0.427. The van der Waals surface area contributed by atoms with Crippen LogP contribution >= 0.6 is 0 Å². The minimum atomic E-state index is 0.0167. The Morgan fingerprint density at radius 1 is 1.03 bits per heavy atom. The Morgan fingerprint density at radius 2 is 1.83 bits per heavy atom. The van der Waals surface area contributed by atoms with Gasteiger partial charge in [0.2, 0.25) is 0 Å². The SMILES string of the molecule is CO[C@H]1CCC[C@@H](n2c(=O)n(C)c3cnc4ccc(-c5ccc(N6CC(N(C)C)C6)nc5)cc4c32)C1. The Kier molecular flexibility index (Phi) is 5.80. The summed E-state index contributed by atoms with van der Waals surface area (Å²) in [6.07, 6.45) is 7.93. The molecule has 4 heterocycles. The van der Waals surface area contributed by atoms with Gasteiger partial charge >= 0.3 is 5.69 Å². The van der Waals surface area contributed by atoms with Crippen molar-refractivity contribution in [3.8, 4) is 11.1 Å². The largest absolute Gasteiger partial charge is 0.381 e. The van der Waals surface area contributed by atoms with E-state index in [2.05, 4.69) is 59.2 Å². The molecule has 0 radical (unpaired) electrons. The zero-order valence-corrected chi connectivity index (χ0v) is 21.5. The molecule has 2 fully saturated rings. The van der Waals surface area contributed by atoms with Crippen LogP contribution < -0.4 is 10.6 Å². The summed E-state index contributed by atoms with van der Waals surface area (Å²) in [5, 5.41) is 1.00. The minimum Gasteiger partial charge on any atom is -0.381 e. The molecule has 1 aliphatic carbocycles. The molecule has 0 bridgehead atoms. The normalized spacial score (nSPS) is 21.0. The fourth-order valence-electron chi connectivity index (χ4n) is 5.83. The molecule has 3 aromatic heterocycles. The number of anilines is 1. The second-order valence-corrected chi connectivity index (χ2v) is 10.5. The van der Waals surface area contributed by atoms with Crippen LogP contribution in [0.2, 0.25) is 0 Å². The minimum absolute atomic E-state index is 0.0167. The van der Waals surface area contributed by atoms with E-state index in [1.54, 1.807) is 11.7 Å². The topological polar surface area (TPSA) is 68.4 Å². The van der Waals surface area contributed by atoms with Crippen molar-refractivity contribution in [1.29, 1.82) is 0 Å². The number of hydrogen-bond donors (Lipinski definition) is 0. The maximum Gasteiger partial charge on any atom is 0.329 e. The van der Waals surface area contributed by atoms with Crippen molar-refractivity contribution >= 4 is 27.8 Å². The van der Waals surface area contributed by atoms with Crippen LogP contribution in [-0.2, 0) is 11.8 Å². The molecule has 0 N–H and O–H groups in total. The zero-order valence-electron chi connectivity index (χ0n) is 21.5. The molecule has 4 aromatic rings. The smallest absolute Gasteiger partial charge is 0.329 e. The molecule has 8 heteroatoms. The number of imidazole rings is 1. The van der Waals surface area contributed by atoms with E-state index in [9.17, 15) is 4.79 Å². The van der Waals surface area contributed by atoms with Crippen molar-refractivity contribution in [3.63, 3.8) is 0 Å². The molecule has 0 amide bonds. The summed E-state index contributed by atoms with van der Waals surface area (Å²) in [6, 6.07) is 11.3. The van der Waals surface area contributed by atoms with Crippen LogP contribution in [0.15, 0.2) is 47.5 Å². The number of rotatable bonds is 5. The molecule has 36 heavy (non-hydrogen) atoms. The second-order valence-electron chi connectivity index (χ2n) is 10.5. The van der Waals surface area contributed by atoms with Gasteiger partial charge in [0.05, 0.1) is 28.9 Å². The van der Waals surface area contributed by atoms with Crippen LogP contribution in [0.1, 0.15) is 31.7 Å². The highest BCUT2D eigenvalue weighted by Crippen LogP contribution is 2.35. The Balaban J connectivity index is 1.40. The predicted molar refractivity (Wildman–Crippen MR) is 144 cm³/mol. The number of nitrogens with zero attached hydrogens (tertiary/aromatic N) is 6. The lowest BCUT2D eigenvalue weighted by atomic mass is 9.92. The van der Waals surface area contributed by atoms with Crippen molar-refractivity contribution in [2.24, 2.45) is 7.05 Å². The van der Waals surface area contributed by atoms with Crippen molar-refractivity contribution in [2.45, 2.75) is 43.9 Å². The van der Waals surface area contributed by atoms with Crippen molar-refractivity contribution in [2.75, 3.05) is 39.2 Å². The van der Waals surface area contributed by atoms with E-state index < -0.39 is 0 Å².